The van der Waals surface area contributed by atoms with Gasteiger partial charge < -0.3 is 0 Å². The average molecular weight is 278 g/mol. The highest BCUT2D eigenvalue weighted by Gasteiger charge is 2.49. The molecule has 0 N–H and O–H groups in total. The Kier molecular flexibility index (Phi) is 2.82. The van der Waals surface area contributed by atoms with Crippen LogP contribution in [0.15, 0.2) is 29.2 Å². The Morgan fingerprint density at radius 3 is 2.44 bits per heavy atom. The molecule has 0 atom stereocenters. The number of nitro benzene ring substituents is 1. The van der Waals surface area contributed by atoms with Gasteiger partial charge >= 0.3 is 0 Å². The maximum Gasteiger partial charge on any atom is 0.275 e. The van der Waals surface area contributed by atoms with E-state index in [1.54, 1.807) is 0 Å². The molecule has 0 amide bonds. The molecule has 1 fully saturated rings. The van der Waals surface area contributed by atoms with Gasteiger partial charge in [0.2, 0.25) is 10.0 Å². The van der Waals surface area contributed by atoms with Gasteiger partial charge in [0, 0.05) is 12.1 Å². The van der Waals surface area contributed by atoms with Crippen LogP contribution in [0.4, 0.5) is 14.5 Å². The Hall–Kier alpha value is -1.61. The van der Waals surface area contributed by atoms with Crippen LogP contribution in [-0.4, -0.2) is 36.7 Å². The lowest BCUT2D eigenvalue weighted by molar-refractivity contribution is -0.385. The summed E-state index contributed by atoms with van der Waals surface area (Å²) in [5, 5.41) is 10.5. The van der Waals surface area contributed by atoms with Crippen LogP contribution in [-0.2, 0) is 10.0 Å². The first-order valence-electron chi connectivity index (χ1n) is 4.85. The minimum Gasteiger partial charge on any atom is -0.258 e. The van der Waals surface area contributed by atoms with Crippen LogP contribution in [0.25, 0.3) is 0 Å². The van der Waals surface area contributed by atoms with E-state index in [0.29, 0.717) is 4.31 Å². The van der Waals surface area contributed by atoms with Crippen LogP contribution >= 0.6 is 0 Å². The lowest BCUT2D eigenvalue weighted by atomic mass is 10.2. The molecule has 0 aromatic heterocycles. The molecule has 0 aliphatic carbocycles. The summed E-state index contributed by atoms with van der Waals surface area (Å²) < 4.78 is 49.5. The lowest BCUT2D eigenvalue weighted by Gasteiger charge is -2.37. The average Bonchev–Trinajstić information content (AvgIpc) is 2.26. The van der Waals surface area contributed by atoms with Crippen molar-refractivity contribution >= 4 is 15.7 Å². The van der Waals surface area contributed by atoms with Crippen LogP contribution in [0.5, 0.6) is 0 Å². The zero-order valence-electron chi connectivity index (χ0n) is 8.92. The Bertz CT molecular complexity index is 594. The normalized spacial score (nSPS) is 19.2. The summed E-state index contributed by atoms with van der Waals surface area (Å²) in [6.45, 7) is -1.78. The summed E-state index contributed by atoms with van der Waals surface area (Å²) in [6, 6.07) is 4.32. The second-order valence-corrected chi connectivity index (χ2v) is 5.82. The third-order valence-electron chi connectivity index (χ3n) is 2.48. The van der Waals surface area contributed by atoms with Gasteiger partial charge in [-0.15, -0.1) is 0 Å². The number of sulfonamides is 1. The molecule has 1 aliphatic rings. The van der Waals surface area contributed by atoms with E-state index in [9.17, 15) is 27.3 Å². The maximum atomic E-state index is 12.6. The van der Waals surface area contributed by atoms with Gasteiger partial charge in [0.05, 0.1) is 22.9 Å². The fourth-order valence-electron chi connectivity index (χ4n) is 1.55. The molecule has 9 heteroatoms. The summed E-state index contributed by atoms with van der Waals surface area (Å²) in [5.41, 5.74) is -0.400. The largest absolute Gasteiger partial charge is 0.275 e. The van der Waals surface area contributed by atoms with Crippen LogP contribution in [0.3, 0.4) is 0 Å². The minimum atomic E-state index is -4.08. The first kappa shape index (κ1) is 12.8. The second-order valence-electron chi connectivity index (χ2n) is 3.88. The fraction of sp³-hybridized carbons (Fsp3) is 0.333. The summed E-state index contributed by atoms with van der Waals surface area (Å²) in [5.74, 6) is -3.02. The topological polar surface area (TPSA) is 80.5 Å². The van der Waals surface area contributed by atoms with Gasteiger partial charge in [-0.25, -0.2) is 17.2 Å². The first-order valence-corrected chi connectivity index (χ1v) is 6.29. The molecule has 0 unspecified atom stereocenters. The first-order chi connectivity index (χ1) is 8.22. The van der Waals surface area contributed by atoms with Gasteiger partial charge in [0.1, 0.15) is 0 Å². The van der Waals surface area contributed by atoms with E-state index in [0.717, 1.165) is 18.2 Å². The van der Waals surface area contributed by atoms with Gasteiger partial charge in [0.15, 0.2) is 0 Å². The molecule has 98 valence electrons. The van der Waals surface area contributed by atoms with Gasteiger partial charge in [-0.1, -0.05) is 6.07 Å². The Morgan fingerprint density at radius 1 is 1.33 bits per heavy atom. The number of rotatable bonds is 3. The molecule has 0 radical (unpaired) electrons. The van der Waals surface area contributed by atoms with Crippen LogP contribution < -0.4 is 0 Å². The van der Waals surface area contributed by atoms with Crippen molar-refractivity contribution < 1.29 is 22.1 Å². The Balaban J connectivity index is 2.31. The third-order valence-corrected chi connectivity index (χ3v) is 4.27. The lowest BCUT2D eigenvalue weighted by Crippen LogP contribution is -2.58. The quantitative estimate of drug-likeness (QED) is 0.615. The summed E-state index contributed by atoms with van der Waals surface area (Å²) in [6.07, 6.45) is 0. The standard InChI is InChI=1S/C9H8F2N2O4S/c10-9(11)5-12(6-9)18(16,17)8-3-1-2-7(4-8)13(14)15/h1-4H,5-6H2. The molecule has 1 aliphatic heterocycles. The van der Waals surface area contributed by atoms with Crippen LogP contribution in [0.1, 0.15) is 0 Å². The number of hydrogen-bond donors (Lipinski definition) is 0. The SMILES string of the molecule is O=[N+]([O-])c1cccc(S(=O)(=O)N2CC(F)(F)C2)c1. The minimum absolute atomic E-state index is 0.354. The van der Waals surface area contributed by atoms with Crippen molar-refractivity contribution in [2.75, 3.05) is 13.1 Å². The number of alkyl halides is 2. The highest BCUT2D eigenvalue weighted by atomic mass is 32.2. The summed E-state index contributed by atoms with van der Waals surface area (Å²) >= 11 is 0. The van der Waals surface area contributed by atoms with Crippen molar-refractivity contribution in [3.63, 3.8) is 0 Å². The molecule has 0 spiro atoms. The molecular weight excluding hydrogens is 270 g/mol. The van der Waals surface area contributed by atoms with Crippen molar-refractivity contribution in [3.05, 3.63) is 34.4 Å². The number of hydrogen-bond acceptors (Lipinski definition) is 4. The molecule has 1 aromatic carbocycles. The number of non-ortho nitro benzene ring substituents is 1. The zero-order valence-corrected chi connectivity index (χ0v) is 9.73. The van der Waals surface area contributed by atoms with Crippen molar-refractivity contribution in [3.8, 4) is 0 Å². The number of halogens is 2. The molecule has 1 aromatic rings. The van der Waals surface area contributed by atoms with Gasteiger partial charge in [-0.2, -0.15) is 4.31 Å². The van der Waals surface area contributed by atoms with E-state index in [4.69, 9.17) is 0 Å². The van der Waals surface area contributed by atoms with Crippen molar-refractivity contribution in [2.24, 2.45) is 0 Å². The Labute approximate surface area is 101 Å². The van der Waals surface area contributed by atoms with Crippen molar-refractivity contribution in [2.45, 2.75) is 10.8 Å². The van der Waals surface area contributed by atoms with E-state index in [2.05, 4.69) is 0 Å². The van der Waals surface area contributed by atoms with Crippen LogP contribution in [0.2, 0.25) is 0 Å². The predicted octanol–water partition coefficient (Wildman–Crippen LogP) is 1.23. The van der Waals surface area contributed by atoms with E-state index >= 15 is 0 Å². The Morgan fingerprint density at radius 2 is 1.94 bits per heavy atom. The van der Waals surface area contributed by atoms with Gasteiger partial charge in [0.25, 0.3) is 11.6 Å². The molecular formula is C9H8F2N2O4S. The molecule has 18 heavy (non-hydrogen) atoms. The molecule has 1 saturated heterocycles. The zero-order chi connectivity index (χ0) is 13.6. The predicted molar refractivity (Wildman–Crippen MR) is 56.8 cm³/mol. The highest BCUT2D eigenvalue weighted by molar-refractivity contribution is 7.89. The molecule has 0 saturated carbocycles. The van der Waals surface area contributed by atoms with E-state index in [-0.39, 0.29) is 4.90 Å². The van der Waals surface area contributed by atoms with E-state index in [1.807, 2.05) is 0 Å². The molecule has 0 bridgehead atoms. The fourth-order valence-corrected chi connectivity index (χ4v) is 3.08. The smallest absolute Gasteiger partial charge is 0.258 e. The van der Waals surface area contributed by atoms with E-state index in [1.165, 1.54) is 6.07 Å². The van der Waals surface area contributed by atoms with E-state index < -0.39 is 39.6 Å². The number of benzene rings is 1. The van der Waals surface area contributed by atoms with Gasteiger partial charge in [-0.05, 0) is 6.07 Å². The molecule has 1 heterocycles. The summed E-state index contributed by atoms with van der Waals surface area (Å²) in [7, 11) is -4.08. The van der Waals surface area contributed by atoms with Crippen molar-refractivity contribution in [1.29, 1.82) is 0 Å². The third kappa shape index (κ3) is 2.18. The number of nitro groups is 1. The highest BCUT2D eigenvalue weighted by Crippen LogP contribution is 2.32. The van der Waals surface area contributed by atoms with Crippen molar-refractivity contribution in [1.82, 2.24) is 4.31 Å². The van der Waals surface area contributed by atoms with Crippen LogP contribution in [0, 0.1) is 10.1 Å². The second kappa shape index (κ2) is 3.95. The molecule has 2 rings (SSSR count). The molecule has 6 nitrogen and oxygen atoms in total. The monoisotopic (exact) mass is 278 g/mol. The van der Waals surface area contributed by atoms with Gasteiger partial charge in [-0.3, -0.25) is 10.1 Å². The number of nitrogens with zero attached hydrogens (tertiary/aromatic N) is 2. The maximum absolute atomic E-state index is 12.6. The summed E-state index contributed by atoms with van der Waals surface area (Å²) in [4.78, 5) is 9.41.